The molecule has 1 aliphatic rings. The first kappa shape index (κ1) is 24.6. The minimum atomic E-state index is -1.54. The molecule has 1 saturated heterocycles. The molecule has 1 fully saturated rings. The fourth-order valence-corrected chi connectivity index (χ4v) is 4.32. The van der Waals surface area contributed by atoms with E-state index in [1.807, 2.05) is 36.4 Å². The molecule has 0 radical (unpaired) electrons. The SMILES string of the molecule is CC1CCN(Cc2ccn(-c3ncccc3C(=O)NC(Cc3ccccc3)C(O)C(N)=O)n2)CC1. The molecule has 4 N–H and O–H groups in total. The smallest absolute Gasteiger partial charge is 0.255 e. The number of hydrogen-bond donors (Lipinski definition) is 3. The molecule has 35 heavy (non-hydrogen) atoms. The molecule has 2 amide bonds. The molecule has 3 heterocycles. The zero-order valence-electron chi connectivity index (χ0n) is 19.9. The van der Waals surface area contributed by atoms with Gasteiger partial charge in [0.1, 0.15) is 0 Å². The van der Waals surface area contributed by atoms with Crippen LogP contribution in [0.25, 0.3) is 5.82 Å². The van der Waals surface area contributed by atoms with E-state index in [2.05, 4.69) is 27.2 Å². The van der Waals surface area contributed by atoms with Crippen molar-refractivity contribution in [2.24, 2.45) is 11.7 Å². The summed E-state index contributed by atoms with van der Waals surface area (Å²) in [7, 11) is 0. The van der Waals surface area contributed by atoms with Gasteiger partial charge < -0.3 is 16.2 Å². The number of benzene rings is 1. The highest BCUT2D eigenvalue weighted by Crippen LogP contribution is 2.19. The van der Waals surface area contributed by atoms with E-state index >= 15 is 0 Å². The highest BCUT2D eigenvalue weighted by molar-refractivity contribution is 5.97. The number of aliphatic hydroxyl groups is 1. The molecule has 2 aromatic heterocycles. The van der Waals surface area contributed by atoms with Crippen LogP contribution in [-0.2, 0) is 17.8 Å². The van der Waals surface area contributed by atoms with Crippen molar-refractivity contribution in [2.75, 3.05) is 13.1 Å². The Labute approximate surface area is 205 Å². The second kappa shape index (κ2) is 11.2. The van der Waals surface area contributed by atoms with Gasteiger partial charge in [0.05, 0.1) is 17.3 Å². The van der Waals surface area contributed by atoms with Crippen molar-refractivity contribution >= 4 is 11.8 Å². The van der Waals surface area contributed by atoms with Gasteiger partial charge in [0.15, 0.2) is 11.9 Å². The van der Waals surface area contributed by atoms with Crippen LogP contribution < -0.4 is 11.1 Å². The maximum absolute atomic E-state index is 13.3. The van der Waals surface area contributed by atoms with Gasteiger partial charge in [0.25, 0.3) is 5.91 Å². The first-order valence-electron chi connectivity index (χ1n) is 11.9. The molecular weight excluding hydrogens is 444 g/mol. The zero-order chi connectivity index (χ0) is 24.8. The number of carbonyl (C=O) groups is 2. The van der Waals surface area contributed by atoms with E-state index in [4.69, 9.17) is 5.73 Å². The maximum Gasteiger partial charge on any atom is 0.255 e. The molecule has 0 bridgehead atoms. The van der Waals surface area contributed by atoms with Crippen molar-refractivity contribution in [1.82, 2.24) is 25.0 Å². The predicted molar refractivity (Wildman–Crippen MR) is 132 cm³/mol. The van der Waals surface area contributed by atoms with E-state index in [0.717, 1.165) is 36.8 Å². The molecule has 4 rings (SSSR count). The summed E-state index contributed by atoms with van der Waals surface area (Å²) >= 11 is 0. The summed E-state index contributed by atoms with van der Waals surface area (Å²) in [5.74, 6) is -0.245. The summed E-state index contributed by atoms with van der Waals surface area (Å²) in [5.41, 5.74) is 7.38. The monoisotopic (exact) mass is 476 g/mol. The number of hydrogen-bond acceptors (Lipinski definition) is 6. The largest absolute Gasteiger partial charge is 0.381 e. The van der Waals surface area contributed by atoms with Crippen LogP contribution >= 0.6 is 0 Å². The van der Waals surface area contributed by atoms with E-state index in [1.54, 1.807) is 29.2 Å². The number of nitrogens with one attached hydrogen (secondary N) is 1. The molecule has 0 saturated carbocycles. The van der Waals surface area contributed by atoms with Crippen LogP contribution in [0.5, 0.6) is 0 Å². The Morgan fingerprint density at radius 1 is 1.14 bits per heavy atom. The van der Waals surface area contributed by atoms with E-state index in [0.29, 0.717) is 5.82 Å². The lowest BCUT2D eigenvalue weighted by Gasteiger charge is -2.29. The van der Waals surface area contributed by atoms with Gasteiger partial charge in [0.2, 0.25) is 5.91 Å². The maximum atomic E-state index is 13.3. The van der Waals surface area contributed by atoms with Gasteiger partial charge in [-0.3, -0.25) is 14.5 Å². The number of aromatic nitrogens is 3. The number of amides is 2. The minimum Gasteiger partial charge on any atom is -0.381 e. The summed E-state index contributed by atoms with van der Waals surface area (Å²) in [5, 5.41) is 17.8. The van der Waals surface area contributed by atoms with E-state index in [1.165, 1.54) is 12.8 Å². The molecule has 3 aromatic rings. The third-order valence-corrected chi connectivity index (χ3v) is 6.44. The van der Waals surface area contributed by atoms with Crippen LogP contribution in [-0.4, -0.2) is 61.8 Å². The van der Waals surface area contributed by atoms with Crippen molar-refractivity contribution in [3.8, 4) is 5.82 Å². The Morgan fingerprint density at radius 3 is 2.60 bits per heavy atom. The summed E-state index contributed by atoms with van der Waals surface area (Å²) in [6.07, 6.45) is 4.47. The number of rotatable bonds is 9. The quantitative estimate of drug-likeness (QED) is 0.431. The van der Waals surface area contributed by atoms with Crippen molar-refractivity contribution in [3.05, 3.63) is 77.7 Å². The summed E-state index contributed by atoms with van der Waals surface area (Å²) in [4.78, 5) is 31.7. The standard InChI is InChI=1S/C26H32N6O3/c1-18-9-13-31(14-10-18)17-20-11-15-32(30-20)25-21(8-5-12-28-25)26(35)29-22(23(33)24(27)34)16-19-6-3-2-4-7-19/h2-8,11-12,15,18,22-23,33H,9-10,13-14,16-17H2,1H3,(H2,27,34)(H,29,35). The lowest BCUT2D eigenvalue weighted by atomic mass is 9.99. The number of nitrogens with zero attached hydrogens (tertiary/aromatic N) is 4. The number of piperidine rings is 1. The van der Waals surface area contributed by atoms with Crippen LogP contribution in [0.15, 0.2) is 60.9 Å². The average Bonchev–Trinajstić information content (AvgIpc) is 3.33. The third kappa shape index (κ3) is 6.32. The molecule has 184 valence electrons. The number of carbonyl (C=O) groups excluding carboxylic acids is 2. The van der Waals surface area contributed by atoms with Crippen molar-refractivity contribution < 1.29 is 14.7 Å². The molecule has 1 aliphatic heterocycles. The Hall–Kier alpha value is -3.56. The zero-order valence-corrected chi connectivity index (χ0v) is 19.9. The Kier molecular flexibility index (Phi) is 7.89. The molecule has 2 atom stereocenters. The van der Waals surface area contributed by atoms with Crippen LogP contribution in [0, 0.1) is 5.92 Å². The fourth-order valence-electron chi connectivity index (χ4n) is 4.32. The van der Waals surface area contributed by atoms with E-state index in [9.17, 15) is 14.7 Å². The molecule has 9 nitrogen and oxygen atoms in total. The molecule has 9 heteroatoms. The lowest BCUT2D eigenvalue weighted by Crippen LogP contribution is -2.50. The van der Waals surface area contributed by atoms with Gasteiger partial charge in [-0.2, -0.15) is 5.10 Å². The number of pyridine rings is 1. The lowest BCUT2D eigenvalue weighted by molar-refractivity contribution is -0.127. The number of primary amides is 1. The normalized spacial score (nSPS) is 16.5. The van der Waals surface area contributed by atoms with Crippen molar-refractivity contribution in [3.63, 3.8) is 0 Å². The van der Waals surface area contributed by atoms with Gasteiger partial charge in [-0.25, -0.2) is 9.67 Å². The van der Waals surface area contributed by atoms with Crippen LogP contribution in [0.4, 0.5) is 0 Å². The first-order valence-corrected chi connectivity index (χ1v) is 11.9. The van der Waals surface area contributed by atoms with E-state index in [-0.39, 0.29) is 12.0 Å². The van der Waals surface area contributed by atoms with Crippen LogP contribution in [0.2, 0.25) is 0 Å². The Balaban J connectivity index is 1.51. The van der Waals surface area contributed by atoms with Crippen LogP contribution in [0.1, 0.15) is 41.4 Å². The molecule has 0 spiro atoms. The van der Waals surface area contributed by atoms with E-state index < -0.39 is 24.0 Å². The predicted octanol–water partition coefficient (Wildman–Crippen LogP) is 1.69. The summed E-state index contributed by atoms with van der Waals surface area (Å²) < 4.78 is 1.59. The molecular formula is C26H32N6O3. The molecule has 0 aliphatic carbocycles. The summed E-state index contributed by atoms with van der Waals surface area (Å²) in [6.45, 7) is 5.14. The number of likely N-dealkylation sites (tertiary alicyclic amines) is 1. The second-order valence-corrected chi connectivity index (χ2v) is 9.20. The van der Waals surface area contributed by atoms with Gasteiger partial charge in [-0.05, 0) is 62.0 Å². The van der Waals surface area contributed by atoms with Crippen molar-refractivity contribution in [1.29, 1.82) is 0 Å². The third-order valence-electron chi connectivity index (χ3n) is 6.44. The number of nitrogens with two attached hydrogens (primary N) is 1. The topological polar surface area (TPSA) is 126 Å². The molecule has 2 unspecified atom stereocenters. The fraction of sp³-hybridized carbons (Fsp3) is 0.385. The highest BCUT2D eigenvalue weighted by atomic mass is 16.3. The second-order valence-electron chi connectivity index (χ2n) is 9.20. The number of aliphatic hydroxyl groups excluding tert-OH is 1. The Bertz CT molecular complexity index is 1140. The Morgan fingerprint density at radius 2 is 1.89 bits per heavy atom. The highest BCUT2D eigenvalue weighted by Gasteiger charge is 2.28. The first-order chi connectivity index (χ1) is 16.9. The van der Waals surface area contributed by atoms with Crippen LogP contribution in [0.3, 0.4) is 0 Å². The summed E-state index contributed by atoms with van der Waals surface area (Å²) in [6, 6.07) is 13.6. The average molecular weight is 477 g/mol. The van der Waals surface area contributed by atoms with Gasteiger partial charge in [-0.15, -0.1) is 0 Å². The van der Waals surface area contributed by atoms with Gasteiger partial charge >= 0.3 is 0 Å². The minimum absolute atomic E-state index is 0.243. The van der Waals surface area contributed by atoms with Gasteiger partial charge in [0, 0.05) is 18.9 Å². The molecule has 1 aromatic carbocycles. The van der Waals surface area contributed by atoms with Gasteiger partial charge in [-0.1, -0.05) is 37.3 Å². The van der Waals surface area contributed by atoms with Crippen molar-refractivity contribution in [2.45, 2.75) is 44.9 Å².